The van der Waals surface area contributed by atoms with Gasteiger partial charge in [-0.3, -0.25) is 9.28 Å². The number of aliphatic hydroxyl groups is 1. The van der Waals surface area contributed by atoms with Crippen LogP contribution in [0.15, 0.2) is 47.7 Å². The van der Waals surface area contributed by atoms with Crippen molar-refractivity contribution in [3.63, 3.8) is 0 Å². The molecule has 4 rings (SSSR count). The van der Waals surface area contributed by atoms with Crippen LogP contribution in [-0.2, 0) is 4.79 Å². The molecule has 3 nitrogen and oxygen atoms in total. The zero-order chi connectivity index (χ0) is 17.3. The summed E-state index contributed by atoms with van der Waals surface area (Å²) in [6.45, 7) is 4.09. The van der Waals surface area contributed by atoms with E-state index in [1.54, 1.807) is 0 Å². The lowest BCUT2D eigenvalue weighted by Crippen LogP contribution is -2.45. The number of Topliss-reactive ketones (excluding diaryl/α,β-unsaturated/α-hetero) is 1. The predicted molar refractivity (Wildman–Crippen MR) is 98.0 cm³/mol. The Morgan fingerprint density at radius 3 is 2.42 bits per heavy atom. The number of hydrogen-bond donors (Lipinski definition) is 1. The van der Waals surface area contributed by atoms with Gasteiger partial charge in [-0.25, -0.2) is 0 Å². The van der Waals surface area contributed by atoms with Gasteiger partial charge in [0.1, 0.15) is 11.4 Å². The van der Waals surface area contributed by atoms with Gasteiger partial charge in [0.2, 0.25) is 0 Å². The van der Waals surface area contributed by atoms with E-state index in [-0.39, 0.29) is 23.0 Å². The van der Waals surface area contributed by atoms with Gasteiger partial charge in [-0.05, 0) is 16.9 Å². The van der Waals surface area contributed by atoms with E-state index >= 15 is 0 Å². The average Bonchev–Trinajstić information content (AvgIpc) is 2.69. The Labute approximate surface area is 142 Å². The van der Waals surface area contributed by atoms with Gasteiger partial charge in [-0.2, -0.15) is 0 Å². The second-order valence-electron chi connectivity index (χ2n) is 8.47. The lowest BCUT2D eigenvalue weighted by atomic mass is 9.74. The van der Waals surface area contributed by atoms with Gasteiger partial charge in [-0.15, -0.1) is 0 Å². The number of benzene rings is 2. The SMILES string of the molecule is CC1(C)CC(=O)C(C2c3cccc4cccc(c34)[N+]2(C)C)=C(O)C1. The van der Waals surface area contributed by atoms with Crippen molar-refractivity contribution >= 4 is 22.2 Å². The topological polar surface area (TPSA) is 37.3 Å². The maximum Gasteiger partial charge on any atom is 0.169 e. The number of quaternary nitrogens is 1. The molecule has 0 aromatic heterocycles. The molecule has 1 N–H and O–H groups in total. The summed E-state index contributed by atoms with van der Waals surface area (Å²) in [4.78, 5) is 12.9. The van der Waals surface area contributed by atoms with E-state index < -0.39 is 0 Å². The van der Waals surface area contributed by atoms with Gasteiger partial charge in [-0.1, -0.05) is 44.2 Å². The van der Waals surface area contributed by atoms with Crippen molar-refractivity contribution in [1.29, 1.82) is 0 Å². The molecule has 0 amide bonds. The lowest BCUT2D eigenvalue weighted by Gasteiger charge is -2.37. The standard InChI is InChI=1S/C21H23NO2/c1-21(2)11-16(23)19(17(24)12-21)20-14-9-5-7-13-8-6-10-15(18(13)14)22(20,3)4/h5-10,20H,11-12H2,1-4H3/p+1. The Morgan fingerprint density at radius 1 is 1.08 bits per heavy atom. The van der Waals surface area contributed by atoms with Crippen LogP contribution in [0.25, 0.3) is 10.8 Å². The Balaban J connectivity index is 1.98. The minimum atomic E-state index is -0.167. The zero-order valence-corrected chi connectivity index (χ0v) is 14.8. The minimum Gasteiger partial charge on any atom is -0.512 e. The summed E-state index contributed by atoms with van der Waals surface area (Å²) in [7, 11) is 4.26. The van der Waals surface area contributed by atoms with Crippen LogP contribution >= 0.6 is 0 Å². The molecule has 2 aliphatic rings. The second-order valence-corrected chi connectivity index (χ2v) is 8.47. The fraction of sp³-hybridized carbons (Fsp3) is 0.381. The van der Waals surface area contributed by atoms with Gasteiger partial charge < -0.3 is 5.11 Å². The number of carbonyl (C=O) groups excluding carboxylic acids is 1. The van der Waals surface area contributed by atoms with Crippen molar-refractivity contribution in [1.82, 2.24) is 4.48 Å². The summed E-state index contributed by atoms with van der Waals surface area (Å²) in [5.74, 6) is 0.363. The van der Waals surface area contributed by atoms with Crippen molar-refractivity contribution < 1.29 is 9.90 Å². The largest absolute Gasteiger partial charge is 0.512 e. The van der Waals surface area contributed by atoms with Gasteiger partial charge in [0.25, 0.3) is 0 Å². The third-order valence-electron chi connectivity index (χ3n) is 5.65. The molecule has 1 aliphatic carbocycles. The van der Waals surface area contributed by atoms with Crippen LogP contribution in [0.3, 0.4) is 0 Å². The third kappa shape index (κ3) is 1.97. The van der Waals surface area contributed by atoms with Gasteiger partial charge in [0.05, 0.1) is 25.1 Å². The molecule has 3 heteroatoms. The average molecular weight is 322 g/mol. The Hall–Kier alpha value is -2.13. The summed E-state index contributed by atoms with van der Waals surface area (Å²) in [6.07, 6.45) is 1.06. The fourth-order valence-corrected chi connectivity index (χ4v) is 4.64. The van der Waals surface area contributed by atoms with E-state index in [1.807, 2.05) is 13.8 Å². The van der Waals surface area contributed by atoms with Crippen LogP contribution in [0.5, 0.6) is 0 Å². The van der Waals surface area contributed by atoms with E-state index in [2.05, 4.69) is 50.5 Å². The van der Waals surface area contributed by atoms with Crippen molar-refractivity contribution in [2.45, 2.75) is 32.7 Å². The first-order chi connectivity index (χ1) is 11.2. The molecule has 2 aromatic carbocycles. The second kappa shape index (κ2) is 4.70. The molecule has 2 aromatic rings. The highest BCUT2D eigenvalue weighted by atomic mass is 16.3. The van der Waals surface area contributed by atoms with Crippen molar-refractivity contribution in [3.05, 3.63) is 53.3 Å². The number of likely N-dealkylation sites (N-methyl/N-ethyl adjacent to an activating group) is 1. The number of aliphatic hydroxyl groups excluding tert-OH is 1. The predicted octanol–water partition coefficient (Wildman–Crippen LogP) is 4.66. The van der Waals surface area contributed by atoms with E-state index in [0.717, 1.165) is 5.56 Å². The first-order valence-electron chi connectivity index (χ1n) is 8.53. The summed E-state index contributed by atoms with van der Waals surface area (Å²) in [5.41, 5.74) is 2.82. The molecule has 0 saturated carbocycles. The summed E-state index contributed by atoms with van der Waals surface area (Å²) >= 11 is 0. The quantitative estimate of drug-likeness (QED) is 0.775. The van der Waals surface area contributed by atoms with E-state index in [9.17, 15) is 9.90 Å². The van der Waals surface area contributed by atoms with Crippen LogP contribution in [0.1, 0.15) is 38.3 Å². The molecule has 24 heavy (non-hydrogen) atoms. The van der Waals surface area contributed by atoms with E-state index in [1.165, 1.54) is 16.5 Å². The maximum absolute atomic E-state index is 12.9. The number of rotatable bonds is 1. The molecular formula is C21H24NO2+. The molecule has 1 aliphatic heterocycles. The molecule has 0 spiro atoms. The summed E-state index contributed by atoms with van der Waals surface area (Å²) in [5, 5.41) is 13.2. The normalized spacial score (nSPS) is 24.7. The number of carbonyl (C=O) groups is 1. The van der Waals surface area contributed by atoms with Crippen LogP contribution in [-0.4, -0.2) is 25.0 Å². The third-order valence-corrected chi connectivity index (χ3v) is 5.65. The van der Waals surface area contributed by atoms with Crippen molar-refractivity contribution in [2.24, 2.45) is 5.41 Å². The molecular weight excluding hydrogens is 298 g/mol. The first-order valence-corrected chi connectivity index (χ1v) is 8.53. The number of ketones is 1. The smallest absolute Gasteiger partial charge is 0.169 e. The highest BCUT2D eigenvalue weighted by molar-refractivity contribution is 6.05. The molecule has 0 saturated heterocycles. The molecule has 1 atom stereocenters. The Morgan fingerprint density at radius 2 is 1.75 bits per heavy atom. The van der Waals surface area contributed by atoms with Crippen LogP contribution in [0.4, 0.5) is 5.69 Å². The summed E-state index contributed by atoms with van der Waals surface area (Å²) in [6, 6.07) is 12.5. The molecule has 1 unspecified atom stereocenters. The number of hydrogen-bond acceptors (Lipinski definition) is 2. The molecule has 0 radical (unpaired) electrons. The summed E-state index contributed by atoms with van der Waals surface area (Å²) < 4.78 is 0.572. The van der Waals surface area contributed by atoms with Gasteiger partial charge in [0, 0.05) is 18.4 Å². The van der Waals surface area contributed by atoms with Crippen LogP contribution < -0.4 is 4.48 Å². The Kier molecular flexibility index (Phi) is 3.02. The Bertz CT molecular complexity index is 900. The molecule has 0 fully saturated rings. The van der Waals surface area contributed by atoms with Crippen LogP contribution in [0.2, 0.25) is 0 Å². The molecule has 0 bridgehead atoms. The van der Waals surface area contributed by atoms with Crippen molar-refractivity contribution in [2.75, 3.05) is 14.1 Å². The van der Waals surface area contributed by atoms with E-state index in [0.29, 0.717) is 22.9 Å². The molecule has 1 heterocycles. The van der Waals surface area contributed by atoms with Crippen molar-refractivity contribution in [3.8, 4) is 0 Å². The van der Waals surface area contributed by atoms with Gasteiger partial charge >= 0.3 is 0 Å². The highest BCUT2D eigenvalue weighted by Crippen LogP contribution is 2.52. The monoisotopic (exact) mass is 322 g/mol. The van der Waals surface area contributed by atoms with Crippen LogP contribution in [0, 0.1) is 5.41 Å². The van der Waals surface area contributed by atoms with Gasteiger partial charge in [0.15, 0.2) is 11.8 Å². The number of allylic oxidation sites excluding steroid dienone is 1. The fourth-order valence-electron chi connectivity index (χ4n) is 4.64. The number of nitrogens with zero attached hydrogens (tertiary/aromatic N) is 1. The maximum atomic E-state index is 12.9. The minimum absolute atomic E-state index is 0.0877. The molecule has 124 valence electrons. The lowest BCUT2D eigenvalue weighted by molar-refractivity contribution is -0.119. The van der Waals surface area contributed by atoms with E-state index in [4.69, 9.17) is 0 Å². The highest BCUT2D eigenvalue weighted by Gasteiger charge is 2.49. The zero-order valence-electron chi connectivity index (χ0n) is 14.8. The first kappa shape index (κ1) is 15.4.